The van der Waals surface area contributed by atoms with Gasteiger partial charge < -0.3 is 20.9 Å². The molecule has 0 saturated heterocycles. The molecule has 0 bridgehead atoms. The summed E-state index contributed by atoms with van der Waals surface area (Å²) in [6.07, 6.45) is 5.39. The Balaban J connectivity index is 1.58. The molecule has 0 spiro atoms. The standard InChI is InChI=1S/C20H18FN5O2/c21-14-1-2-16-15(9-14)17-13(5-8-23-19(27)18(17)26-16)11-25-20(28)24-10-12-3-6-22-7-4-12/h1-4,6-7,9,11,26H,5,8,10H2,(H,23,27)(H2,24,25,28)/b13-11+. The number of nitrogens with zero attached hydrogens (tertiary/aromatic N) is 1. The van der Waals surface area contributed by atoms with Crippen molar-refractivity contribution < 1.29 is 14.0 Å². The maximum atomic E-state index is 13.8. The van der Waals surface area contributed by atoms with Gasteiger partial charge in [-0.3, -0.25) is 9.78 Å². The number of rotatable bonds is 3. The van der Waals surface area contributed by atoms with Gasteiger partial charge in [0.2, 0.25) is 0 Å². The summed E-state index contributed by atoms with van der Waals surface area (Å²) in [6.45, 7) is 0.783. The third-order valence-electron chi connectivity index (χ3n) is 4.57. The molecule has 4 rings (SSSR count). The molecular formula is C20H18FN5O2. The van der Waals surface area contributed by atoms with E-state index in [9.17, 15) is 14.0 Å². The topological polar surface area (TPSA) is 98.9 Å². The molecular weight excluding hydrogens is 361 g/mol. The first-order valence-corrected chi connectivity index (χ1v) is 8.84. The van der Waals surface area contributed by atoms with E-state index in [1.165, 1.54) is 12.1 Å². The van der Waals surface area contributed by atoms with Crippen LogP contribution in [0.25, 0.3) is 16.5 Å². The van der Waals surface area contributed by atoms with E-state index in [1.807, 2.05) is 12.1 Å². The van der Waals surface area contributed by atoms with Crippen molar-refractivity contribution in [3.8, 4) is 0 Å². The van der Waals surface area contributed by atoms with Gasteiger partial charge in [0.1, 0.15) is 11.5 Å². The fraction of sp³-hybridized carbons (Fsp3) is 0.150. The van der Waals surface area contributed by atoms with Crippen molar-refractivity contribution in [2.24, 2.45) is 0 Å². The Labute approximate surface area is 160 Å². The number of H-pyrrole nitrogens is 1. The number of aromatic amines is 1. The molecule has 0 saturated carbocycles. The maximum Gasteiger partial charge on any atom is 0.319 e. The fourth-order valence-electron chi connectivity index (χ4n) is 3.22. The van der Waals surface area contributed by atoms with Gasteiger partial charge in [-0.05, 0) is 47.9 Å². The van der Waals surface area contributed by atoms with Crippen molar-refractivity contribution in [2.75, 3.05) is 6.54 Å². The molecule has 1 aromatic carbocycles. The number of hydrogen-bond acceptors (Lipinski definition) is 3. The van der Waals surface area contributed by atoms with Crippen molar-refractivity contribution in [2.45, 2.75) is 13.0 Å². The maximum absolute atomic E-state index is 13.8. The number of aromatic nitrogens is 2. The molecule has 1 aliphatic rings. The molecule has 2 aromatic heterocycles. The average molecular weight is 379 g/mol. The second-order valence-corrected chi connectivity index (χ2v) is 6.42. The molecule has 0 unspecified atom stereocenters. The normalized spacial score (nSPS) is 15.0. The molecule has 0 aliphatic carbocycles. The zero-order valence-corrected chi connectivity index (χ0v) is 14.9. The van der Waals surface area contributed by atoms with Crippen LogP contribution in [-0.4, -0.2) is 28.5 Å². The molecule has 3 amide bonds. The molecule has 0 atom stereocenters. The summed E-state index contributed by atoms with van der Waals surface area (Å²) in [6, 6.07) is 7.58. The Kier molecular flexibility index (Phi) is 4.76. The molecule has 0 radical (unpaired) electrons. The number of nitrogens with one attached hydrogen (secondary N) is 4. The van der Waals surface area contributed by atoms with E-state index in [-0.39, 0.29) is 17.8 Å². The van der Waals surface area contributed by atoms with Crippen molar-refractivity contribution in [1.29, 1.82) is 0 Å². The van der Waals surface area contributed by atoms with Gasteiger partial charge in [-0.2, -0.15) is 0 Å². The lowest BCUT2D eigenvalue weighted by Gasteiger charge is -2.08. The van der Waals surface area contributed by atoms with Gasteiger partial charge in [-0.25, -0.2) is 9.18 Å². The zero-order valence-electron chi connectivity index (χ0n) is 14.9. The molecule has 8 heteroatoms. The second-order valence-electron chi connectivity index (χ2n) is 6.42. The Morgan fingerprint density at radius 3 is 2.89 bits per heavy atom. The quantitative estimate of drug-likeness (QED) is 0.563. The van der Waals surface area contributed by atoms with Gasteiger partial charge in [0.15, 0.2) is 0 Å². The summed E-state index contributed by atoms with van der Waals surface area (Å²) in [5, 5.41) is 8.87. The number of carbonyl (C=O) groups excluding carboxylic acids is 2. The number of amides is 3. The van der Waals surface area contributed by atoms with E-state index < -0.39 is 0 Å². The zero-order chi connectivity index (χ0) is 19.5. The minimum Gasteiger partial charge on any atom is -0.350 e. The predicted octanol–water partition coefficient (Wildman–Crippen LogP) is 2.68. The van der Waals surface area contributed by atoms with Crippen LogP contribution in [0.4, 0.5) is 9.18 Å². The third-order valence-corrected chi connectivity index (χ3v) is 4.57. The number of carbonyl (C=O) groups is 2. The lowest BCUT2D eigenvalue weighted by atomic mass is 10.0. The van der Waals surface area contributed by atoms with Gasteiger partial charge in [-0.15, -0.1) is 0 Å². The Bertz CT molecular complexity index is 1070. The van der Waals surface area contributed by atoms with Gasteiger partial charge in [0, 0.05) is 48.1 Å². The molecule has 1 aliphatic heterocycles. The van der Waals surface area contributed by atoms with Crippen molar-refractivity contribution >= 4 is 28.4 Å². The Morgan fingerprint density at radius 2 is 2.07 bits per heavy atom. The van der Waals surface area contributed by atoms with Crippen LogP contribution in [0.3, 0.4) is 0 Å². The van der Waals surface area contributed by atoms with Gasteiger partial charge >= 0.3 is 6.03 Å². The third kappa shape index (κ3) is 3.57. The highest BCUT2D eigenvalue weighted by Gasteiger charge is 2.24. The van der Waals surface area contributed by atoms with E-state index >= 15 is 0 Å². The number of fused-ring (bicyclic) bond motifs is 3. The highest BCUT2D eigenvalue weighted by atomic mass is 19.1. The molecule has 4 N–H and O–H groups in total. The number of halogens is 1. The molecule has 7 nitrogen and oxygen atoms in total. The van der Waals surface area contributed by atoms with Crippen molar-refractivity contribution in [3.63, 3.8) is 0 Å². The first kappa shape index (κ1) is 17.7. The Morgan fingerprint density at radius 1 is 1.25 bits per heavy atom. The van der Waals surface area contributed by atoms with Gasteiger partial charge in [0.25, 0.3) is 5.91 Å². The largest absolute Gasteiger partial charge is 0.350 e. The molecule has 0 fully saturated rings. The van der Waals surface area contributed by atoms with E-state index in [0.717, 1.165) is 11.1 Å². The minimum atomic E-state index is -0.388. The SMILES string of the molecule is O=C(N/C=C1\CCNC(=O)c2[nH]c3ccc(F)cc3c21)NCc1ccncc1. The van der Waals surface area contributed by atoms with E-state index in [4.69, 9.17) is 0 Å². The monoisotopic (exact) mass is 379 g/mol. The highest BCUT2D eigenvalue weighted by Crippen LogP contribution is 2.32. The summed E-state index contributed by atoms with van der Waals surface area (Å²) >= 11 is 0. The highest BCUT2D eigenvalue weighted by molar-refractivity contribution is 6.07. The molecule has 3 heterocycles. The summed E-state index contributed by atoms with van der Waals surface area (Å²) in [4.78, 5) is 31.5. The van der Waals surface area contributed by atoms with Crippen LogP contribution in [0.5, 0.6) is 0 Å². The fourth-order valence-corrected chi connectivity index (χ4v) is 3.22. The van der Waals surface area contributed by atoms with Crippen molar-refractivity contribution in [3.05, 3.63) is 71.6 Å². The average Bonchev–Trinajstić information content (AvgIpc) is 3.00. The van der Waals surface area contributed by atoms with Crippen LogP contribution in [0.15, 0.2) is 48.9 Å². The summed E-state index contributed by atoms with van der Waals surface area (Å²) in [5.74, 6) is -0.640. The van der Waals surface area contributed by atoms with Crippen LogP contribution in [0.1, 0.15) is 28.0 Å². The predicted molar refractivity (Wildman–Crippen MR) is 103 cm³/mol. The number of pyridine rings is 1. The first-order valence-electron chi connectivity index (χ1n) is 8.84. The second kappa shape index (κ2) is 7.51. The van der Waals surface area contributed by atoms with Crippen molar-refractivity contribution in [1.82, 2.24) is 25.9 Å². The summed E-state index contributed by atoms with van der Waals surface area (Å²) in [5.41, 5.74) is 3.31. The van der Waals surface area contributed by atoms with E-state index in [0.29, 0.717) is 41.7 Å². The van der Waals surface area contributed by atoms with E-state index in [2.05, 4.69) is 25.9 Å². The number of urea groups is 1. The van der Waals surface area contributed by atoms with Crippen LogP contribution in [0.2, 0.25) is 0 Å². The van der Waals surface area contributed by atoms with Crippen LogP contribution in [-0.2, 0) is 6.54 Å². The summed E-state index contributed by atoms with van der Waals surface area (Å²) < 4.78 is 13.8. The van der Waals surface area contributed by atoms with Crippen LogP contribution in [0, 0.1) is 5.82 Å². The van der Waals surface area contributed by atoms with Gasteiger partial charge in [0.05, 0.1) is 0 Å². The minimum absolute atomic E-state index is 0.253. The van der Waals surface area contributed by atoms with Crippen LogP contribution < -0.4 is 16.0 Å². The number of benzene rings is 1. The van der Waals surface area contributed by atoms with E-state index in [1.54, 1.807) is 24.7 Å². The number of hydrogen-bond donors (Lipinski definition) is 4. The molecule has 3 aromatic rings. The van der Waals surface area contributed by atoms with Gasteiger partial charge in [-0.1, -0.05) is 0 Å². The lowest BCUT2D eigenvalue weighted by Crippen LogP contribution is -2.31. The van der Waals surface area contributed by atoms with Crippen LogP contribution >= 0.6 is 0 Å². The smallest absolute Gasteiger partial charge is 0.319 e. The molecule has 142 valence electrons. The first-order chi connectivity index (χ1) is 13.6. The Hall–Kier alpha value is -3.68. The lowest BCUT2D eigenvalue weighted by molar-refractivity contribution is 0.0952. The molecule has 28 heavy (non-hydrogen) atoms. The summed E-state index contributed by atoms with van der Waals surface area (Å²) in [7, 11) is 0.